The number of ether oxygens (including phenoxy) is 1. The van der Waals surface area contributed by atoms with Crippen molar-refractivity contribution in [3.05, 3.63) is 40.4 Å². The first kappa shape index (κ1) is 17.0. The summed E-state index contributed by atoms with van der Waals surface area (Å²) >= 11 is 5.81. The fourth-order valence-electron chi connectivity index (χ4n) is 2.28. The van der Waals surface area contributed by atoms with Gasteiger partial charge in [-0.25, -0.2) is 13.2 Å². The Hall–Kier alpha value is -1.33. The fourth-order valence-corrected chi connectivity index (χ4v) is 4.00. The maximum atomic E-state index is 11.9. The number of rotatable bonds is 4. The van der Waals surface area contributed by atoms with Crippen LogP contribution in [0.4, 0.5) is 0 Å². The highest BCUT2D eigenvalue weighted by molar-refractivity contribution is 7.91. The minimum Gasteiger partial charge on any atom is -0.462 e. The molecule has 1 aliphatic rings. The molecule has 1 aromatic rings. The number of esters is 1. The molecule has 0 aromatic heterocycles. The van der Waals surface area contributed by atoms with Gasteiger partial charge in [0.15, 0.2) is 0 Å². The zero-order chi connectivity index (χ0) is 16.2. The second-order valence-corrected chi connectivity index (χ2v) is 8.31. The topological polar surface area (TPSA) is 60.4 Å². The van der Waals surface area contributed by atoms with Crippen molar-refractivity contribution in [1.82, 2.24) is 0 Å². The highest BCUT2D eigenvalue weighted by atomic mass is 35.5. The molecule has 0 bridgehead atoms. The van der Waals surface area contributed by atoms with E-state index in [2.05, 4.69) is 0 Å². The quantitative estimate of drug-likeness (QED) is 0.623. The van der Waals surface area contributed by atoms with Crippen LogP contribution >= 0.6 is 11.6 Å². The Kier molecular flexibility index (Phi) is 5.64. The molecule has 1 saturated heterocycles. The largest absolute Gasteiger partial charge is 0.462 e. The van der Waals surface area contributed by atoms with E-state index in [1.54, 1.807) is 25.1 Å². The Morgan fingerprint density at radius 1 is 1.27 bits per heavy atom. The van der Waals surface area contributed by atoms with Crippen LogP contribution in [0.2, 0.25) is 5.02 Å². The zero-order valence-corrected chi connectivity index (χ0v) is 14.0. The van der Waals surface area contributed by atoms with E-state index in [4.69, 9.17) is 16.3 Å². The average Bonchev–Trinajstić information content (AvgIpc) is 2.48. The predicted octanol–water partition coefficient (Wildman–Crippen LogP) is 3.11. The van der Waals surface area contributed by atoms with Crippen molar-refractivity contribution in [2.75, 3.05) is 18.1 Å². The summed E-state index contributed by atoms with van der Waals surface area (Å²) in [6.45, 7) is 1.97. The van der Waals surface area contributed by atoms with E-state index in [-0.39, 0.29) is 30.0 Å². The van der Waals surface area contributed by atoms with Crippen molar-refractivity contribution >= 4 is 33.5 Å². The van der Waals surface area contributed by atoms with Crippen LogP contribution in [-0.2, 0) is 19.4 Å². The molecule has 0 unspecified atom stereocenters. The Bertz CT molecular complexity index is 648. The van der Waals surface area contributed by atoms with E-state index in [0.717, 1.165) is 5.56 Å². The normalized spacial score (nSPS) is 18.9. The molecule has 1 aromatic carbocycles. The molecule has 0 saturated carbocycles. The molecule has 1 fully saturated rings. The molecule has 1 aliphatic heterocycles. The predicted molar refractivity (Wildman–Crippen MR) is 87.4 cm³/mol. The van der Waals surface area contributed by atoms with Crippen LogP contribution in [0.25, 0.3) is 6.08 Å². The van der Waals surface area contributed by atoms with Crippen LogP contribution in [-0.4, -0.2) is 32.5 Å². The molecule has 0 amide bonds. The highest BCUT2D eigenvalue weighted by Gasteiger charge is 2.24. The van der Waals surface area contributed by atoms with Crippen LogP contribution in [0, 0.1) is 5.92 Å². The molecule has 6 heteroatoms. The summed E-state index contributed by atoms with van der Waals surface area (Å²) in [5.41, 5.74) is 1.38. The molecular formula is C16H19ClO4S. The average molecular weight is 343 g/mol. The molecule has 2 rings (SSSR count). The maximum Gasteiger partial charge on any atom is 0.333 e. The minimum atomic E-state index is -2.88. The van der Waals surface area contributed by atoms with Gasteiger partial charge < -0.3 is 4.74 Å². The molecule has 120 valence electrons. The number of sulfone groups is 1. The SMILES string of the molecule is C/C(=C/c1ccc(Cl)cc1)C(=O)OCC1CCS(=O)(=O)CC1. The molecule has 0 radical (unpaired) electrons. The van der Waals surface area contributed by atoms with E-state index < -0.39 is 9.84 Å². The molecular weight excluding hydrogens is 324 g/mol. The van der Waals surface area contributed by atoms with Gasteiger partial charge in [-0.1, -0.05) is 23.7 Å². The zero-order valence-electron chi connectivity index (χ0n) is 12.4. The first-order chi connectivity index (χ1) is 10.4. The number of halogens is 1. The summed E-state index contributed by atoms with van der Waals surface area (Å²) in [6, 6.07) is 7.17. The van der Waals surface area contributed by atoms with E-state index in [1.807, 2.05) is 12.1 Å². The molecule has 0 aliphatic carbocycles. The lowest BCUT2D eigenvalue weighted by atomic mass is 10.0. The van der Waals surface area contributed by atoms with Crippen LogP contribution in [0.3, 0.4) is 0 Å². The van der Waals surface area contributed by atoms with Crippen molar-refractivity contribution < 1.29 is 17.9 Å². The van der Waals surface area contributed by atoms with Gasteiger partial charge in [-0.05, 0) is 49.5 Å². The third-order valence-electron chi connectivity index (χ3n) is 3.70. The molecule has 0 atom stereocenters. The van der Waals surface area contributed by atoms with Crippen LogP contribution in [0.1, 0.15) is 25.3 Å². The van der Waals surface area contributed by atoms with Crippen molar-refractivity contribution in [3.63, 3.8) is 0 Å². The van der Waals surface area contributed by atoms with E-state index in [0.29, 0.717) is 23.4 Å². The van der Waals surface area contributed by atoms with Crippen molar-refractivity contribution in [3.8, 4) is 0 Å². The summed E-state index contributed by atoms with van der Waals surface area (Å²) < 4.78 is 28.0. The lowest BCUT2D eigenvalue weighted by Gasteiger charge is -2.21. The number of carbonyl (C=O) groups is 1. The number of benzene rings is 1. The van der Waals surface area contributed by atoms with E-state index in [9.17, 15) is 13.2 Å². The van der Waals surface area contributed by atoms with Gasteiger partial charge in [-0.3, -0.25) is 0 Å². The Balaban J connectivity index is 1.85. The monoisotopic (exact) mass is 342 g/mol. The lowest BCUT2D eigenvalue weighted by Crippen LogP contribution is -2.27. The van der Waals surface area contributed by atoms with Gasteiger partial charge in [0.05, 0.1) is 18.1 Å². The summed E-state index contributed by atoms with van der Waals surface area (Å²) in [7, 11) is -2.88. The van der Waals surface area contributed by atoms with Crippen LogP contribution in [0.5, 0.6) is 0 Å². The molecule has 4 nitrogen and oxygen atoms in total. The highest BCUT2D eigenvalue weighted by Crippen LogP contribution is 2.20. The Morgan fingerprint density at radius 3 is 2.45 bits per heavy atom. The third kappa shape index (κ3) is 5.14. The van der Waals surface area contributed by atoms with Gasteiger partial charge in [-0.2, -0.15) is 0 Å². The van der Waals surface area contributed by atoms with Gasteiger partial charge in [-0.15, -0.1) is 0 Å². The molecule has 22 heavy (non-hydrogen) atoms. The van der Waals surface area contributed by atoms with Gasteiger partial charge in [0, 0.05) is 10.6 Å². The van der Waals surface area contributed by atoms with Gasteiger partial charge in [0.1, 0.15) is 9.84 Å². The smallest absolute Gasteiger partial charge is 0.333 e. The Labute approximate surface area is 136 Å². The third-order valence-corrected chi connectivity index (χ3v) is 5.67. The van der Waals surface area contributed by atoms with E-state index in [1.165, 1.54) is 0 Å². The van der Waals surface area contributed by atoms with Crippen molar-refractivity contribution in [2.45, 2.75) is 19.8 Å². The van der Waals surface area contributed by atoms with Gasteiger partial charge in [0.25, 0.3) is 0 Å². The summed E-state index contributed by atoms with van der Waals surface area (Å²) in [5, 5.41) is 0.643. The van der Waals surface area contributed by atoms with Crippen molar-refractivity contribution in [2.24, 2.45) is 5.92 Å². The number of carbonyl (C=O) groups excluding carboxylic acids is 1. The van der Waals surface area contributed by atoms with Gasteiger partial charge >= 0.3 is 5.97 Å². The summed E-state index contributed by atoms with van der Waals surface area (Å²) in [5.74, 6) is 0.142. The molecule has 0 N–H and O–H groups in total. The second kappa shape index (κ2) is 7.29. The first-order valence-corrected chi connectivity index (χ1v) is 9.37. The Morgan fingerprint density at radius 2 is 1.86 bits per heavy atom. The second-order valence-electron chi connectivity index (χ2n) is 5.57. The van der Waals surface area contributed by atoms with Crippen LogP contribution < -0.4 is 0 Å². The molecule has 0 spiro atoms. The fraction of sp³-hybridized carbons (Fsp3) is 0.438. The summed E-state index contributed by atoms with van der Waals surface area (Å²) in [6.07, 6.45) is 2.87. The number of hydrogen-bond acceptors (Lipinski definition) is 4. The lowest BCUT2D eigenvalue weighted by molar-refractivity contribution is -0.140. The van der Waals surface area contributed by atoms with Gasteiger partial charge in [0.2, 0.25) is 0 Å². The standard InChI is InChI=1S/C16H19ClO4S/c1-12(10-13-2-4-15(17)5-3-13)16(18)21-11-14-6-8-22(19,20)9-7-14/h2-5,10,14H,6-9,11H2,1H3/b12-10-. The van der Waals surface area contributed by atoms with Crippen LogP contribution in [0.15, 0.2) is 29.8 Å². The number of hydrogen-bond donors (Lipinski definition) is 0. The van der Waals surface area contributed by atoms with E-state index >= 15 is 0 Å². The summed E-state index contributed by atoms with van der Waals surface area (Å²) in [4.78, 5) is 11.9. The minimum absolute atomic E-state index is 0.135. The van der Waals surface area contributed by atoms with Crippen molar-refractivity contribution in [1.29, 1.82) is 0 Å². The molecule has 1 heterocycles. The first-order valence-electron chi connectivity index (χ1n) is 7.17. The maximum absolute atomic E-state index is 11.9.